The Morgan fingerprint density at radius 2 is 1.80 bits per heavy atom. The molecule has 15 heavy (non-hydrogen) atoms. The van der Waals surface area contributed by atoms with Crippen molar-refractivity contribution in [2.24, 2.45) is 0 Å². The highest BCUT2D eigenvalue weighted by atomic mass is 32.2. The molecule has 2 heteroatoms. The Hall–Kier alpha value is 0.310. The van der Waals surface area contributed by atoms with Crippen LogP contribution in [0.5, 0.6) is 0 Å². The summed E-state index contributed by atoms with van der Waals surface area (Å²) in [5.41, 5.74) is 0. The molecule has 1 unspecified atom stereocenters. The lowest BCUT2D eigenvalue weighted by Crippen LogP contribution is -2.33. The molecule has 0 amide bonds. The molecule has 1 rings (SSSR count). The van der Waals surface area contributed by atoms with E-state index in [9.17, 15) is 0 Å². The summed E-state index contributed by atoms with van der Waals surface area (Å²) in [5, 5.41) is 5.42. The van der Waals surface area contributed by atoms with Gasteiger partial charge >= 0.3 is 0 Å². The predicted octanol–water partition coefficient (Wildman–Crippen LogP) is 3.83. The van der Waals surface area contributed by atoms with E-state index in [1.165, 1.54) is 45.1 Å². The lowest BCUT2D eigenvalue weighted by atomic mass is 10.2. The van der Waals surface area contributed by atoms with Gasteiger partial charge in [0.2, 0.25) is 0 Å². The van der Waals surface area contributed by atoms with E-state index in [1.807, 2.05) is 0 Å². The zero-order valence-corrected chi connectivity index (χ0v) is 11.4. The van der Waals surface area contributed by atoms with Crippen molar-refractivity contribution in [1.29, 1.82) is 0 Å². The zero-order valence-electron chi connectivity index (χ0n) is 10.6. The van der Waals surface area contributed by atoms with Gasteiger partial charge in [-0.3, -0.25) is 0 Å². The molecule has 1 nitrogen and oxygen atoms in total. The molecule has 1 saturated carbocycles. The van der Waals surface area contributed by atoms with Crippen LogP contribution in [0.2, 0.25) is 0 Å². The average molecular weight is 229 g/mol. The van der Waals surface area contributed by atoms with E-state index < -0.39 is 0 Å². The Morgan fingerprint density at radius 1 is 1.20 bits per heavy atom. The second kappa shape index (κ2) is 7.56. The molecular formula is C13H27NS. The highest BCUT2D eigenvalue weighted by molar-refractivity contribution is 8.00. The molecule has 1 atom stereocenters. The smallest absolute Gasteiger partial charge is 0.0147 e. The second-order valence-corrected chi connectivity index (χ2v) is 6.52. The Balaban J connectivity index is 2.09. The first kappa shape index (κ1) is 13.4. The Kier molecular flexibility index (Phi) is 6.74. The fraction of sp³-hybridized carbons (Fsp3) is 1.00. The van der Waals surface area contributed by atoms with Gasteiger partial charge in [-0.15, -0.1) is 0 Å². The van der Waals surface area contributed by atoms with E-state index in [0.29, 0.717) is 0 Å². The van der Waals surface area contributed by atoms with Crippen molar-refractivity contribution < 1.29 is 0 Å². The third-order valence-corrected chi connectivity index (χ3v) is 4.89. The van der Waals surface area contributed by atoms with Crippen LogP contribution in [-0.4, -0.2) is 23.1 Å². The van der Waals surface area contributed by atoms with E-state index >= 15 is 0 Å². The average Bonchev–Trinajstić information content (AvgIpc) is 2.72. The van der Waals surface area contributed by atoms with Gasteiger partial charge in [-0.2, -0.15) is 11.8 Å². The quantitative estimate of drug-likeness (QED) is 0.712. The van der Waals surface area contributed by atoms with Crippen LogP contribution in [0.4, 0.5) is 0 Å². The molecule has 0 saturated heterocycles. The van der Waals surface area contributed by atoms with Crippen molar-refractivity contribution in [2.45, 2.75) is 75.8 Å². The van der Waals surface area contributed by atoms with Gasteiger partial charge in [-0.05, 0) is 25.7 Å². The summed E-state index contributed by atoms with van der Waals surface area (Å²) < 4.78 is 0. The molecule has 1 aliphatic rings. The summed E-state index contributed by atoms with van der Waals surface area (Å²) in [6, 6.07) is 0.733. The van der Waals surface area contributed by atoms with Crippen molar-refractivity contribution in [3.8, 4) is 0 Å². The molecule has 0 spiro atoms. The highest BCUT2D eigenvalue weighted by Gasteiger charge is 2.18. The number of hydrogen-bond donors (Lipinski definition) is 1. The minimum Gasteiger partial charge on any atom is -0.313 e. The third kappa shape index (κ3) is 5.26. The van der Waals surface area contributed by atoms with Crippen molar-refractivity contribution in [1.82, 2.24) is 5.32 Å². The molecule has 90 valence electrons. The van der Waals surface area contributed by atoms with E-state index in [4.69, 9.17) is 0 Å². The zero-order chi connectivity index (χ0) is 11.1. The van der Waals surface area contributed by atoms with Gasteiger partial charge in [0.15, 0.2) is 0 Å². The number of hydrogen-bond acceptors (Lipinski definition) is 2. The van der Waals surface area contributed by atoms with Gasteiger partial charge in [0, 0.05) is 23.1 Å². The normalized spacial score (nSPS) is 20.0. The first-order valence-corrected chi connectivity index (χ1v) is 7.59. The van der Waals surface area contributed by atoms with Gasteiger partial charge in [-0.1, -0.05) is 33.6 Å². The fourth-order valence-corrected chi connectivity index (χ4v) is 3.77. The van der Waals surface area contributed by atoms with Crippen LogP contribution in [0.25, 0.3) is 0 Å². The van der Waals surface area contributed by atoms with Crippen molar-refractivity contribution in [3.63, 3.8) is 0 Å². The Morgan fingerprint density at radius 3 is 2.33 bits per heavy atom. The molecule has 1 fully saturated rings. The minimum absolute atomic E-state index is 0.733. The maximum Gasteiger partial charge on any atom is 0.0147 e. The highest BCUT2D eigenvalue weighted by Crippen LogP contribution is 2.31. The topological polar surface area (TPSA) is 12.0 Å². The molecule has 0 aromatic heterocycles. The van der Waals surface area contributed by atoms with E-state index in [1.54, 1.807) is 0 Å². The second-order valence-electron chi connectivity index (χ2n) is 4.77. The lowest BCUT2D eigenvalue weighted by molar-refractivity contribution is 0.487. The van der Waals surface area contributed by atoms with Crippen molar-refractivity contribution in [2.75, 3.05) is 6.54 Å². The third-order valence-electron chi connectivity index (χ3n) is 3.41. The molecule has 0 aromatic rings. The van der Waals surface area contributed by atoms with Gasteiger partial charge < -0.3 is 5.32 Å². The van der Waals surface area contributed by atoms with Gasteiger partial charge in [-0.25, -0.2) is 0 Å². The molecule has 0 radical (unpaired) electrons. The molecule has 0 heterocycles. The van der Waals surface area contributed by atoms with Crippen LogP contribution in [-0.2, 0) is 0 Å². The lowest BCUT2D eigenvalue weighted by Gasteiger charge is -2.20. The molecule has 1 N–H and O–H groups in total. The maximum absolute atomic E-state index is 3.67. The number of thioether (sulfide) groups is 1. The Bertz CT molecular complexity index is 151. The summed E-state index contributed by atoms with van der Waals surface area (Å²) in [4.78, 5) is 0. The molecule has 0 aromatic carbocycles. The first-order valence-electron chi connectivity index (χ1n) is 6.65. The van der Waals surface area contributed by atoms with E-state index in [2.05, 4.69) is 37.8 Å². The van der Waals surface area contributed by atoms with Crippen molar-refractivity contribution >= 4 is 11.8 Å². The minimum atomic E-state index is 0.733. The molecule has 0 bridgehead atoms. The van der Waals surface area contributed by atoms with Gasteiger partial charge in [0.05, 0.1) is 0 Å². The summed E-state index contributed by atoms with van der Waals surface area (Å²) in [6.45, 7) is 8.11. The van der Waals surface area contributed by atoms with Crippen LogP contribution in [0.1, 0.15) is 59.3 Å². The summed E-state index contributed by atoms with van der Waals surface area (Å²) in [6.07, 6.45) is 8.36. The maximum atomic E-state index is 3.67. The SMILES string of the molecule is CCC(CC)NCC(C)SC1CCCC1. The van der Waals surface area contributed by atoms with Gasteiger partial charge in [0.1, 0.15) is 0 Å². The van der Waals surface area contributed by atoms with Crippen LogP contribution in [0.3, 0.4) is 0 Å². The molecule has 1 aliphatic carbocycles. The monoisotopic (exact) mass is 229 g/mol. The number of nitrogens with one attached hydrogen (secondary N) is 1. The number of rotatable bonds is 7. The van der Waals surface area contributed by atoms with Crippen LogP contribution in [0, 0.1) is 0 Å². The van der Waals surface area contributed by atoms with Crippen LogP contribution < -0.4 is 5.32 Å². The fourth-order valence-electron chi connectivity index (χ4n) is 2.31. The van der Waals surface area contributed by atoms with E-state index in [0.717, 1.165) is 16.5 Å². The molecular weight excluding hydrogens is 202 g/mol. The molecule has 0 aliphatic heterocycles. The summed E-state index contributed by atoms with van der Waals surface area (Å²) >= 11 is 2.21. The van der Waals surface area contributed by atoms with Crippen molar-refractivity contribution in [3.05, 3.63) is 0 Å². The first-order chi connectivity index (χ1) is 7.26. The van der Waals surface area contributed by atoms with E-state index in [-0.39, 0.29) is 0 Å². The predicted molar refractivity (Wildman–Crippen MR) is 71.7 cm³/mol. The van der Waals surface area contributed by atoms with Crippen LogP contribution in [0.15, 0.2) is 0 Å². The van der Waals surface area contributed by atoms with Gasteiger partial charge in [0.25, 0.3) is 0 Å². The standard InChI is InChI=1S/C13H27NS/c1-4-12(5-2)14-10-11(3)15-13-8-6-7-9-13/h11-14H,4-10H2,1-3H3. The Labute approximate surface area is 99.8 Å². The van der Waals surface area contributed by atoms with Crippen LogP contribution >= 0.6 is 11.8 Å². The summed E-state index contributed by atoms with van der Waals surface area (Å²) in [5.74, 6) is 0. The largest absolute Gasteiger partial charge is 0.313 e. The summed E-state index contributed by atoms with van der Waals surface area (Å²) in [7, 11) is 0.